The molecule has 0 heterocycles. The summed E-state index contributed by atoms with van der Waals surface area (Å²) in [4.78, 5) is -0.103. The maximum atomic E-state index is 11.2. The molecule has 0 unspecified atom stereocenters. The van der Waals surface area contributed by atoms with E-state index in [0.717, 1.165) is 0 Å². The van der Waals surface area contributed by atoms with Gasteiger partial charge in [0.25, 0.3) is 9.05 Å². The summed E-state index contributed by atoms with van der Waals surface area (Å²) in [5, 5.41) is 1.18. The summed E-state index contributed by atoms with van der Waals surface area (Å²) < 4.78 is 22.5. The average molecular weight is 391 g/mol. The molecule has 0 amide bonds. The molecule has 0 saturated carbocycles. The molecule has 2 rings (SSSR count). The van der Waals surface area contributed by atoms with Crippen LogP contribution >= 0.6 is 57.1 Å². The van der Waals surface area contributed by atoms with Crippen molar-refractivity contribution in [3.8, 4) is 11.1 Å². The average Bonchev–Trinajstić information content (AvgIpc) is 2.28. The summed E-state index contributed by atoms with van der Waals surface area (Å²) in [5.41, 5.74) is 0.962. The van der Waals surface area contributed by atoms with E-state index in [4.69, 9.17) is 57.1 Å². The summed E-state index contributed by atoms with van der Waals surface area (Å²) in [7, 11) is 1.41. The molecular weight excluding hydrogens is 385 g/mol. The van der Waals surface area contributed by atoms with Gasteiger partial charge in [-0.15, -0.1) is 0 Å². The Bertz CT molecular complexity index is 763. The van der Waals surface area contributed by atoms with Gasteiger partial charge in [0.05, 0.1) is 14.9 Å². The van der Waals surface area contributed by atoms with E-state index < -0.39 is 9.05 Å². The standard InChI is InChI=1S/C12H5Cl5O2S/c13-6-3-10(15)12(11(16)4-6)8-2-1-7(5-9(8)14)20(17,18)19/h1-5H. The maximum absolute atomic E-state index is 11.2. The van der Waals surface area contributed by atoms with Crippen molar-refractivity contribution in [2.45, 2.75) is 4.90 Å². The Labute approximate surface area is 140 Å². The smallest absolute Gasteiger partial charge is 0.207 e. The molecule has 20 heavy (non-hydrogen) atoms. The van der Waals surface area contributed by atoms with Crippen molar-refractivity contribution in [3.05, 3.63) is 50.4 Å². The SMILES string of the molecule is O=S(=O)(Cl)c1ccc(-c2c(Cl)cc(Cl)cc2Cl)c(Cl)c1. The molecule has 0 N–H and O–H groups in total. The Morgan fingerprint density at radius 2 is 1.35 bits per heavy atom. The van der Waals surface area contributed by atoms with Crippen molar-refractivity contribution in [2.24, 2.45) is 0 Å². The van der Waals surface area contributed by atoms with Crippen molar-refractivity contribution in [1.82, 2.24) is 0 Å². The summed E-state index contributed by atoms with van der Waals surface area (Å²) in [6.07, 6.45) is 0. The molecule has 0 saturated heterocycles. The monoisotopic (exact) mass is 388 g/mol. The van der Waals surface area contributed by atoms with Crippen LogP contribution in [0.25, 0.3) is 11.1 Å². The van der Waals surface area contributed by atoms with Gasteiger partial charge in [-0.2, -0.15) is 0 Å². The number of hydrogen-bond donors (Lipinski definition) is 0. The molecule has 0 aliphatic heterocycles. The minimum atomic E-state index is -3.85. The van der Waals surface area contributed by atoms with Crippen molar-refractivity contribution < 1.29 is 8.42 Å². The zero-order valence-electron chi connectivity index (χ0n) is 9.50. The molecule has 0 aliphatic carbocycles. The van der Waals surface area contributed by atoms with Crippen LogP contribution in [-0.4, -0.2) is 8.42 Å². The summed E-state index contributed by atoms with van der Waals surface area (Å²) in [6, 6.07) is 7.09. The Hall–Kier alpha value is -0.160. The van der Waals surface area contributed by atoms with Crippen LogP contribution in [0.5, 0.6) is 0 Å². The van der Waals surface area contributed by atoms with Gasteiger partial charge < -0.3 is 0 Å². The third-order valence-electron chi connectivity index (χ3n) is 2.50. The lowest BCUT2D eigenvalue weighted by Gasteiger charge is -2.10. The topological polar surface area (TPSA) is 34.1 Å². The van der Waals surface area contributed by atoms with Crippen molar-refractivity contribution in [3.63, 3.8) is 0 Å². The van der Waals surface area contributed by atoms with Crippen LogP contribution in [-0.2, 0) is 9.05 Å². The predicted octanol–water partition coefficient (Wildman–Crippen LogP) is 5.89. The van der Waals surface area contributed by atoms with E-state index in [1.165, 1.54) is 30.3 Å². The highest BCUT2D eigenvalue weighted by molar-refractivity contribution is 8.13. The van der Waals surface area contributed by atoms with Crippen molar-refractivity contribution in [2.75, 3.05) is 0 Å². The molecule has 2 nitrogen and oxygen atoms in total. The van der Waals surface area contributed by atoms with E-state index in [1.807, 2.05) is 0 Å². The van der Waals surface area contributed by atoms with Crippen LogP contribution in [0.1, 0.15) is 0 Å². The fourth-order valence-corrected chi connectivity index (χ4v) is 3.79. The molecule has 0 bridgehead atoms. The summed E-state index contributed by atoms with van der Waals surface area (Å²) >= 11 is 24.1. The van der Waals surface area contributed by atoms with Gasteiger partial charge in [-0.25, -0.2) is 8.42 Å². The largest absolute Gasteiger partial charge is 0.261 e. The van der Waals surface area contributed by atoms with Gasteiger partial charge in [-0.05, 0) is 24.3 Å². The number of rotatable bonds is 2. The lowest BCUT2D eigenvalue weighted by molar-refractivity contribution is 0.609. The van der Waals surface area contributed by atoms with Crippen molar-refractivity contribution >= 4 is 66.1 Å². The van der Waals surface area contributed by atoms with E-state index >= 15 is 0 Å². The van der Waals surface area contributed by atoms with Gasteiger partial charge in [0.15, 0.2) is 0 Å². The first-order chi connectivity index (χ1) is 9.20. The van der Waals surface area contributed by atoms with Gasteiger partial charge in [0, 0.05) is 31.9 Å². The first-order valence-electron chi connectivity index (χ1n) is 5.09. The molecule has 0 aromatic heterocycles. The van der Waals surface area contributed by atoms with Gasteiger partial charge in [-0.3, -0.25) is 0 Å². The normalized spacial score (nSPS) is 11.7. The van der Waals surface area contributed by atoms with Crippen LogP contribution in [0.3, 0.4) is 0 Å². The molecule has 0 aliphatic rings. The minimum Gasteiger partial charge on any atom is -0.207 e. The third-order valence-corrected chi connectivity index (χ3v) is 4.98. The van der Waals surface area contributed by atoms with E-state index in [1.54, 1.807) is 0 Å². The molecule has 0 radical (unpaired) electrons. The second kappa shape index (κ2) is 5.91. The quantitative estimate of drug-likeness (QED) is 0.599. The molecule has 0 fully saturated rings. The highest BCUT2D eigenvalue weighted by Gasteiger charge is 2.17. The van der Waals surface area contributed by atoms with E-state index in [0.29, 0.717) is 26.2 Å². The van der Waals surface area contributed by atoms with Crippen molar-refractivity contribution in [1.29, 1.82) is 0 Å². The minimum absolute atomic E-state index is 0.103. The highest BCUT2D eigenvalue weighted by Crippen LogP contribution is 2.41. The van der Waals surface area contributed by atoms with Crippen LogP contribution < -0.4 is 0 Å². The molecule has 8 heteroatoms. The van der Waals surface area contributed by atoms with Crippen LogP contribution in [0, 0.1) is 0 Å². The lowest BCUT2D eigenvalue weighted by Crippen LogP contribution is -1.92. The Morgan fingerprint density at radius 3 is 1.80 bits per heavy atom. The highest BCUT2D eigenvalue weighted by atomic mass is 35.7. The summed E-state index contributed by atoms with van der Waals surface area (Å²) in [6.45, 7) is 0. The summed E-state index contributed by atoms with van der Waals surface area (Å²) in [5.74, 6) is 0. The zero-order chi connectivity index (χ0) is 15.1. The predicted molar refractivity (Wildman–Crippen MR) is 85.0 cm³/mol. The molecule has 2 aromatic carbocycles. The second-order valence-corrected chi connectivity index (χ2v) is 8.05. The molecule has 106 valence electrons. The first kappa shape index (κ1) is 16.2. The number of hydrogen-bond acceptors (Lipinski definition) is 2. The van der Waals surface area contributed by atoms with Gasteiger partial charge in [0.1, 0.15) is 0 Å². The molecule has 0 atom stereocenters. The number of benzene rings is 2. The molecule has 2 aromatic rings. The third kappa shape index (κ3) is 3.35. The fraction of sp³-hybridized carbons (Fsp3) is 0. The first-order valence-corrected chi connectivity index (χ1v) is 8.91. The lowest BCUT2D eigenvalue weighted by atomic mass is 10.1. The van der Waals surface area contributed by atoms with E-state index in [9.17, 15) is 8.42 Å². The fourth-order valence-electron chi connectivity index (χ4n) is 1.65. The second-order valence-electron chi connectivity index (χ2n) is 3.82. The molecule has 0 spiro atoms. The Morgan fingerprint density at radius 1 is 0.800 bits per heavy atom. The van der Waals surface area contributed by atoms with Crippen LogP contribution in [0.4, 0.5) is 0 Å². The van der Waals surface area contributed by atoms with Crippen LogP contribution in [0.15, 0.2) is 35.2 Å². The van der Waals surface area contributed by atoms with E-state index in [2.05, 4.69) is 0 Å². The maximum Gasteiger partial charge on any atom is 0.261 e. The Balaban J connectivity index is 2.67. The van der Waals surface area contributed by atoms with Gasteiger partial charge >= 0.3 is 0 Å². The molecular formula is C12H5Cl5O2S. The van der Waals surface area contributed by atoms with Gasteiger partial charge in [0.2, 0.25) is 0 Å². The van der Waals surface area contributed by atoms with E-state index in [-0.39, 0.29) is 9.92 Å². The van der Waals surface area contributed by atoms with Crippen LogP contribution in [0.2, 0.25) is 20.1 Å². The Kier molecular flexibility index (Phi) is 4.80. The van der Waals surface area contributed by atoms with Gasteiger partial charge in [-0.1, -0.05) is 52.5 Å². The zero-order valence-corrected chi connectivity index (χ0v) is 14.1. The number of halogens is 5.